The topological polar surface area (TPSA) is 32.6 Å². The highest BCUT2D eigenvalue weighted by atomic mass is 16.3. The van der Waals surface area contributed by atoms with Crippen LogP contribution in [0.3, 0.4) is 0 Å². The third kappa shape index (κ3) is 75.8. The van der Waals surface area contributed by atoms with Crippen LogP contribution in [0.4, 0.5) is 0 Å². The predicted molar refractivity (Wildman–Crippen MR) is 46.3 cm³/mol. The molecule has 1 N–H and O–H groups in total. The lowest BCUT2D eigenvalue weighted by molar-refractivity contribution is 0.417. The van der Waals surface area contributed by atoms with Crippen LogP contribution in [0.25, 0.3) is 0 Å². The zero-order valence-corrected chi connectivity index (χ0v) is 6.25. The summed E-state index contributed by atoms with van der Waals surface area (Å²) in [6, 6.07) is 0. The summed E-state index contributed by atoms with van der Waals surface area (Å²) in [6.07, 6.45) is 4.94. The van der Waals surface area contributed by atoms with E-state index in [1.807, 2.05) is 0 Å². The van der Waals surface area contributed by atoms with Gasteiger partial charge in [-0.1, -0.05) is 19.2 Å². The zero-order chi connectivity index (χ0) is 8.41. The first kappa shape index (κ1) is 11.5. The van der Waals surface area contributed by atoms with Gasteiger partial charge >= 0.3 is 0 Å². The third-order valence-corrected chi connectivity index (χ3v) is 0.328. The Hall–Kier alpha value is -1.31. The van der Waals surface area contributed by atoms with Crippen molar-refractivity contribution in [3.8, 4) is 0 Å². The molecule has 10 heavy (non-hydrogen) atoms. The summed E-state index contributed by atoms with van der Waals surface area (Å²) in [5.41, 5.74) is 0. The van der Waals surface area contributed by atoms with Crippen LogP contribution in [0.2, 0.25) is 0 Å². The fourth-order valence-corrected chi connectivity index (χ4v) is 0.122. The molecule has 0 aromatic heterocycles. The summed E-state index contributed by atoms with van der Waals surface area (Å²) >= 11 is 0. The first-order chi connectivity index (χ1) is 4.65. The number of rotatable bonds is 2. The Kier molecular flexibility index (Phi) is 12.2. The Bertz CT molecular complexity index is 122. The van der Waals surface area contributed by atoms with E-state index in [0.717, 1.165) is 0 Å². The number of aliphatic imine (C=N–C) groups is 1. The molecule has 2 nitrogen and oxygen atoms in total. The van der Waals surface area contributed by atoms with E-state index in [0.29, 0.717) is 0 Å². The van der Waals surface area contributed by atoms with Crippen molar-refractivity contribution in [1.82, 2.24) is 0 Å². The Morgan fingerprint density at radius 2 is 2.00 bits per heavy atom. The quantitative estimate of drug-likeness (QED) is 0.356. The van der Waals surface area contributed by atoms with E-state index in [4.69, 9.17) is 5.11 Å². The number of aliphatic hydroxyl groups is 1. The zero-order valence-electron chi connectivity index (χ0n) is 6.25. The van der Waals surface area contributed by atoms with Crippen molar-refractivity contribution in [3.05, 3.63) is 37.3 Å². The van der Waals surface area contributed by atoms with Crippen molar-refractivity contribution >= 4 is 6.72 Å². The maximum Gasteiger partial charge on any atom is 0.0820 e. The number of hydrogen-bond acceptors (Lipinski definition) is 2. The van der Waals surface area contributed by atoms with Crippen LogP contribution in [0.15, 0.2) is 42.3 Å². The Morgan fingerprint density at radius 1 is 1.60 bits per heavy atom. The van der Waals surface area contributed by atoms with Crippen LogP contribution in [0.5, 0.6) is 0 Å². The summed E-state index contributed by atoms with van der Waals surface area (Å²) in [7, 11) is 0. The number of aliphatic hydroxyl groups excluding tert-OH is 1. The van der Waals surface area contributed by atoms with Crippen LogP contribution in [0.1, 0.15) is 6.92 Å². The monoisotopic (exact) mass is 139 g/mol. The molecule has 0 atom stereocenters. The lowest BCUT2D eigenvalue weighted by Crippen LogP contribution is -1.54. The standard InChI is InChI=1S/C5H7N.C3H6O/c1-3-4-5-6-2;1-3(2)4/h3-5H,1-2H2;4H,1H2,2H3/b5-4-;. The van der Waals surface area contributed by atoms with Gasteiger partial charge in [-0.2, -0.15) is 0 Å². The van der Waals surface area contributed by atoms with Gasteiger partial charge in [0, 0.05) is 6.20 Å². The minimum absolute atomic E-state index is 0.167. The lowest BCUT2D eigenvalue weighted by atomic mass is 10.6. The summed E-state index contributed by atoms with van der Waals surface area (Å²) in [6.45, 7) is 11.3. The molecule has 0 aliphatic carbocycles. The SMILES string of the molecule is C=C(C)O.C=C/C=C\N=C. The number of allylic oxidation sites excluding steroid dienone is 3. The highest BCUT2D eigenvalue weighted by Crippen LogP contribution is 1.68. The van der Waals surface area contributed by atoms with Gasteiger partial charge in [-0.05, 0) is 19.7 Å². The molecule has 0 rings (SSSR count). The van der Waals surface area contributed by atoms with Crippen molar-refractivity contribution in [2.45, 2.75) is 6.92 Å². The smallest absolute Gasteiger partial charge is 0.0820 e. The van der Waals surface area contributed by atoms with E-state index in [-0.39, 0.29) is 5.76 Å². The molecule has 0 spiro atoms. The van der Waals surface area contributed by atoms with Crippen molar-refractivity contribution in [1.29, 1.82) is 0 Å². The Morgan fingerprint density at radius 3 is 2.10 bits per heavy atom. The second-order valence-electron chi connectivity index (χ2n) is 1.50. The molecule has 0 aromatic carbocycles. The van der Waals surface area contributed by atoms with Gasteiger partial charge in [-0.25, -0.2) is 0 Å². The molecule has 2 heteroatoms. The lowest BCUT2D eigenvalue weighted by Gasteiger charge is -1.68. The van der Waals surface area contributed by atoms with E-state index in [9.17, 15) is 0 Å². The van der Waals surface area contributed by atoms with Crippen molar-refractivity contribution < 1.29 is 5.11 Å². The average molecular weight is 139 g/mol. The Labute approximate surface area is 61.9 Å². The maximum absolute atomic E-state index is 7.86. The fourth-order valence-electron chi connectivity index (χ4n) is 0.122. The summed E-state index contributed by atoms with van der Waals surface area (Å²) in [5.74, 6) is 0.167. The molecule has 0 fully saturated rings. The van der Waals surface area contributed by atoms with Gasteiger partial charge in [0.15, 0.2) is 0 Å². The molecule has 0 aliphatic heterocycles. The van der Waals surface area contributed by atoms with Gasteiger partial charge in [0.05, 0.1) is 5.76 Å². The second kappa shape index (κ2) is 10.6. The van der Waals surface area contributed by atoms with E-state index in [2.05, 4.69) is 24.9 Å². The van der Waals surface area contributed by atoms with Crippen LogP contribution in [-0.4, -0.2) is 11.8 Å². The summed E-state index contributed by atoms with van der Waals surface area (Å²) in [5, 5.41) is 7.86. The third-order valence-electron chi connectivity index (χ3n) is 0.328. The molecule has 0 saturated heterocycles. The van der Waals surface area contributed by atoms with Crippen LogP contribution < -0.4 is 0 Å². The highest BCUT2D eigenvalue weighted by molar-refractivity contribution is 5.25. The van der Waals surface area contributed by atoms with Gasteiger partial charge < -0.3 is 5.11 Å². The maximum atomic E-state index is 7.86. The van der Waals surface area contributed by atoms with Crippen LogP contribution in [-0.2, 0) is 0 Å². The van der Waals surface area contributed by atoms with Gasteiger partial charge in [0.1, 0.15) is 0 Å². The summed E-state index contributed by atoms with van der Waals surface area (Å²) in [4.78, 5) is 3.42. The normalized spacial score (nSPS) is 7.70. The molecule has 0 amide bonds. The van der Waals surface area contributed by atoms with E-state index < -0.39 is 0 Å². The van der Waals surface area contributed by atoms with Crippen LogP contribution in [0, 0.1) is 0 Å². The molecule has 0 unspecified atom stereocenters. The van der Waals surface area contributed by atoms with E-state index in [1.54, 1.807) is 18.4 Å². The van der Waals surface area contributed by atoms with Gasteiger partial charge in [-0.15, -0.1) is 0 Å². The number of nitrogens with zero attached hydrogens (tertiary/aromatic N) is 1. The average Bonchev–Trinajstić information content (AvgIpc) is 1.82. The predicted octanol–water partition coefficient (Wildman–Crippen LogP) is 2.46. The van der Waals surface area contributed by atoms with E-state index in [1.165, 1.54) is 6.92 Å². The molecule has 0 aromatic rings. The Balaban J connectivity index is 0. The van der Waals surface area contributed by atoms with Gasteiger partial charge in [0.25, 0.3) is 0 Å². The van der Waals surface area contributed by atoms with Crippen LogP contribution >= 0.6 is 0 Å². The second-order valence-corrected chi connectivity index (χ2v) is 1.50. The van der Waals surface area contributed by atoms with Crippen molar-refractivity contribution in [3.63, 3.8) is 0 Å². The minimum Gasteiger partial charge on any atom is -0.513 e. The van der Waals surface area contributed by atoms with Crippen molar-refractivity contribution in [2.24, 2.45) is 4.99 Å². The molecule has 56 valence electrons. The van der Waals surface area contributed by atoms with Gasteiger partial charge in [-0.3, -0.25) is 4.99 Å². The molecule has 0 aliphatic rings. The molecule has 0 saturated carbocycles. The molecular formula is C8H13NO. The van der Waals surface area contributed by atoms with E-state index >= 15 is 0 Å². The first-order valence-electron chi connectivity index (χ1n) is 2.73. The largest absolute Gasteiger partial charge is 0.513 e. The molecule has 0 heterocycles. The molecule has 0 bridgehead atoms. The fraction of sp³-hybridized carbons (Fsp3) is 0.125. The molecule has 0 radical (unpaired) electrons. The first-order valence-corrected chi connectivity index (χ1v) is 2.73. The number of hydrogen-bond donors (Lipinski definition) is 1. The minimum atomic E-state index is 0.167. The molecular weight excluding hydrogens is 126 g/mol. The summed E-state index contributed by atoms with van der Waals surface area (Å²) < 4.78 is 0. The van der Waals surface area contributed by atoms with Gasteiger partial charge in [0.2, 0.25) is 0 Å². The highest BCUT2D eigenvalue weighted by Gasteiger charge is 1.53. The van der Waals surface area contributed by atoms with Crippen molar-refractivity contribution in [2.75, 3.05) is 0 Å².